The molecule has 0 spiro atoms. The quantitative estimate of drug-likeness (QED) is 0.434. The summed E-state index contributed by atoms with van der Waals surface area (Å²) in [6, 6.07) is 7.17. The number of tetrazole rings is 1. The Kier molecular flexibility index (Phi) is 5.62. The lowest BCUT2D eigenvalue weighted by Crippen LogP contribution is -2.38. The highest BCUT2D eigenvalue weighted by Gasteiger charge is 2.31. The molecule has 6 rings (SSSR count). The van der Waals surface area contributed by atoms with Crippen LogP contribution in [0.5, 0.6) is 0 Å². The first-order valence-corrected chi connectivity index (χ1v) is 12.2. The monoisotopic (exact) mass is 492 g/mol. The summed E-state index contributed by atoms with van der Waals surface area (Å²) < 4.78 is 31.8. The Balaban J connectivity index is 1.24. The SMILES string of the molecule is Cn1nnnc1C1CCN(C(=O)c2cnn3ccc(N4CCCC4c4cc(F)ccc4F)cc23)CC1. The number of piperidine rings is 1. The molecule has 0 aliphatic carbocycles. The molecule has 0 saturated carbocycles. The molecule has 5 heterocycles. The van der Waals surface area contributed by atoms with E-state index in [0.29, 0.717) is 29.7 Å². The van der Waals surface area contributed by atoms with Crippen LogP contribution >= 0.6 is 0 Å². The highest BCUT2D eigenvalue weighted by atomic mass is 19.1. The van der Waals surface area contributed by atoms with Crippen LogP contribution in [0.15, 0.2) is 42.7 Å². The number of hydrogen-bond donors (Lipinski definition) is 0. The number of benzene rings is 1. The van der Waals surface area contributed by atoms with Crippen molar-refractivity contribution in [1.29, 1.82) is 0 Å². The van der Waals surface area contributed by atoms with Crippen molar-refractivity contribution in [2.75, 3.05) is 24.5 Å². The van der Waals surface area contributed by atoms with Gasteiger partial charge >= 0.3 is 0 Å². The number of aromatic nitrogens is 6. The molecule has 1 atom stereocenters. The van der Waals surface area contributed by atoms with Gasteiger partial charge in [0.25, 0.3) is 5.91 Å². The number of halogens is 2. The van der Waals surface area contributed by atoms with Crippen molar-refractivity contribution >= 4 is 17.1 Å². The van der Waals surface area contributed by atoms with Gasteiger partial charge in [0.15, 0.2) is 5.82 Å². The van der Waals surface area contributed by atoms with Crippen LogP contribution in [0, 0.1) is 11.6 Å². The summed E-state index contributed by atoms with van der Waals surface area (Å²) >= 11 is 0. The molecule has 11 heteroatoms. The molecule has 1 aromatic carbocycles. The van der Waals surface area contributed by atoms with E-state index in [4.69, 9.17) is 0 Å². The number of nitrogens with zero attached hydrogens (tertiary/aromatic N) is 8. The molecule has 2 saturated heterocycles. The number of rotatable bonds is 4. The van der Waals surface area contributed by atoms with E-state index in [2.05, 4.69) is 25.5 Å². The number of fused-ring (bicyclic) bond motifs is 1. The molecule has 0 N–H and O–H groups in total. The first-order chi connectivity index (χ1) is 17.5. The van der Waals surface area contributed by atoms with Crippen molar-refractivity contribution in [2.24, 2.45) is 7.05 Å². The van der Waals surface area contributed by atoms with E-state index in [1.807, 2.05) is 30.3 Å². The smallest absolute Gasteiger partial charge is 0.257 e. The van der Waals surface area contributed by atoms with Gasteiger partial charge in [-0.2, -0.15) is 5.10 Å². The predicted molar refractivity (Wildman–Crippen MR) is 128 cm³/mol. The van der Waals surface area contributed by atoms with Crippen LogP contribution in [-0.4, -0.2) is 60.3 Å². The van der Waals surface area contributed by atoms with Gasteiger partial charge in [0.1, 0.15) is 11.6 Å². The van der Waals surface area contributed by atoms with Crippen molar-refractivity contribution in [2.45, 2.75) is 37.6 Å². The van der Waals surface area contributed by atoms with E-state index in [1.54, 1.807) is 15.4 Å². The summed E-state index contributed by atoms with van der Waals surface area (Å²) in [5.41, 5.74) is 2.45. The molecule has 2 fully saturated rings. The lowest BCUT2D eigenvalue weighted by molar-refractivity contribution is 0.0712. The van der Waals surface area contributed by atoms with Gasteiger partial charge in [0.2, 0.25) is 0 Å². The molecule has 2 aliphatic heterocycles. The number of hydrogen-bond acceptors (Lipinski definition) is 6. The molecule has 1 amide bonds. The zero-order chi connectivity index (χ0) is 24.8. The molecule has 4 aromatic rings. The van der Waals surface area contributed by atoms with E-state index in [1.165, 1.54) is 12.1 Å². The van der Waals surface area contributed by atoms with Crippen LogP contribution in [-0.2, 0) is 7.05 Å². The number of carbonyl (C=O) groups excluding carboxylic acids is 1. The fourth-order valence-corrected chi connectivity index (χ4v) is 5.58. The lowest BCUT2D eigenvalue weighted by atomic mass is 9.95. The second-order valence-electron chi connectivity index (χ2n) is 9.52. The number of pyridine rings is 1. The fraction of sp³-hybridized carbons (Fsp3) is 0.400. The topological polar surface area (TPSA) is 84.5 Å². The zero-order valence-corrected chi connectivity index (χ0v) is 19.9. The van der Waals surface area contributed by atoms with E-state index < -0.39 is 11.6 Å². The van der Waals surface area contributed by atoms with Gasteiger partial charge in [-0.15, -0.1) is 5.10 Å². The maximum absolute atomic E-state index is 14.6. The Labute approximate surface area is 206 Å². The molecule has 186 valence electrons. The maximum atomic E-state index is 14.6. The number of carbonyl (C=O) groups is 1. The molecule has 9 nitrogen and oxygen atoms in total. The minimum atomic E-state index is -0.448. The number of aryl methyl sites for hydroxylation is 1. The van der Waals surface area contributed by atoms with E-state index >= 15 is 0 Å². The summed E-state index contributed by atoms with van der Waals surface area (Å²) in [7, 11) is 1.83. The third kappa shape index (κ3) is 3.88. The normalized spacial score (nSPS) is 18.9. The Morgan fingerprint density at radius 2 is 1.89 bits per heavy atom. The minimum Gasteiger partial charge on any atom is -0.364 e. The van der Waals surface area contributed by atoms with Crippen molar-refractivity contribution < 1.29 is 13.6 Å². The minimum absolute atomic E-state index is 0.0640. The molecular formula is C25H26F2N8O. The Bertz CT molecular complexity index is 1420. The summed E-state index contributed by atoms with van der Waals surface area (Å²) in [6.45, 7) is 1.94. The van der Waals surface area contributed by atoms with Crippen LogP contribution in [0.3, 0.4) is 0 Å². The fourth-order valence-electron chi connectivity index (χ4n) is 5.58. The first-order valence-electron chi connectivity index (χ1n) is 12.2. The Hall–Kier alpha value is -3.89. The van der Waals surface area contributed by atoms with Crippen LogP contribution in [0.1, 0.15) is 59.4 Å². The van der Waals surface area contributed by atoms with Crippen molar-refractivity contribution in [3.63, 3.8) is 0 Å². The van der Waals surface area contributed by atoms with Gasteiger partial charge in [-0.1, -0.05) is 0 Å². The summed E-state index contributed by atoms with van der Waals surface area (Å²) in [6.07, 6.45) is 6.59. The van der Waals surface area contributed by atoms with Gasteiger partial charge < -0.3 is 9.80 Å². The van der Waals surface area contributed by atoms with Gasteiger partial charge in [-0.3, -0.25) is 4.79 Å². The molecule has 3 aromatic heterocycles. The molecule has 2 aliphatic rings. The highest BCUT2D eigenvalue weighted by molar-refractivity contribution is 6.01. The van der Waals surface area contributed by atoms with Gasteiger partial charge in [-0.05, 0) is 66.4 Å². The average Bonchev–Trinajstić information content (AvgIpc) is 3.64. The number of amides is 1. The Morgan fingerprint density at radius 1 is 1.06 bits per heavy atom. The van der Waals surface area contributed by atoms with E-state index in [9.17, 15) is 13.6 Å². The van der Waals surface area contributed by atoms with Crippen molar-refractivity contribution in [3.05, 3.63) is 71.3 Å². The maximum Gasteiger partial charge on any atom is 0.257 e. The molecule has 36 heavy (non-hydrogen) atoms. The summed E-state index contributed by atoms with van der Waals surface area (Å²) in [4.78, 5) is 17.4. The van der Waals surface area contributed by atoms with E-state index in [0.717, 1.165) is 49.8 Å². The van der Waals surface area contributed by atoms with Crippen LogP contribution in [0.25, 0.3) is 5.52 Å². The number of likely N-dealkylation sites (tertiary alicyclic amines) is 1. The van der Waals surface area contributed by atoms with Crippen molar-refractivity contribution in [1.82, 2.24) is 34.7 Å². The highest BCUT2D eigenvalue weighted by Crippen LogP contribution is 2.38. The second kappa shape index (κ2) is 8.96. The largest absolute Gasteiger partial charge is 0.364 e. The van der Waals surface area contributed by atoms with Crippen LogP contribution < -0.4 is 4.90 Å². The zero-order valence-electron chi connectivity index (χ0n) is 19.9. The molecular weight excluding hydrogens is 466 g/mol. The molecule has 1 unspecified atom stereocenters. The number of anilines is 1. The Morgan fingerprint density at radius 3 is 2.67 bits per heavy atom. The van der Waals surface area contributed by atoms with Crippen molar-refractivity contribution in [3.8, 4) is 0 Å². The standard InChI is InChI=1S/C25H26F2N8O/c1-32-24(29-30-31-32)16-6-10-33(11-7-16)25(36)20-15-28-35-12-8-18(14-23(20)35)34-9-2-3-22(34)19-13-17(26)4-5-21(19)27/h4-5,8,12-16,22H,2-3,6-7,9-11H2,1H3. The van der Waals surface area contributed by atoms with Gasteiger partial charge in [-0.25, -0.2) is 18.0 Å². The second-order valence-corrected chi connectivity index (χ2v) is 9.52. The lowest BCUT2D eigenvalue weighted by Gasteiger charge is -2.31. The first kappa shape index (κ1) is 22.6. The van der Waals surface area contributed by atoms with E-state index in [-0.39, 0.29) is 17.9 Å². The third-order valence-corrected chi connectivity index (χ3v) is 7.44. The predicted octanol–water partition coefficient (Wildman–Crippen LogP) is 3.50. The summed E-state index contributed by atoms with van der Waals surface area (Å²) in [5.74, 6) is 0.148. The average molecular weight is 493 g/mol. The van der Waals surface area contributed by atoms with Gasteiger partial charge in [0.05, 0.1) is 23.3 Å². The molecule has 0 bridgehead atoms. The van der Waals surface area contributed by atoms with Gasteiger partial charge in [0, 0.05) is 50.0 Å². The van der Waals surface area contributed by atoms with Crippen LogP contribution in [0.2, 0.25) is 0 Å². The van der Waals surface area contributed by atoms with Crippen LogP contribution in [0.4, 0.5) is 14.5 Å². The molecule has 0 radical (unpaired) electrons. The third-order valence-electron chi connectivity index (χ3n) is 7.44. The summed E-state index contributed by atoms with van der Waals surface area (Å²) in [5, 5.41) is 16.1.